The molecule has 0 atom stereocenters. The summed E-state index contributed by atoms with van der Waals surface area (Å²) < 4.78 is 31.5. The minimum atomic E-state index is -0.612. The van der Waals surface area contributed by atoms with Crippen molar-refractivity contribution in [1.82, 2.24) is 5.32 Å². The topological polar surface area (TPSA) is 55.4 Å². The third kappa shape index (κ3) is 2.59. The van der Waals surface area contributed by atoms with E-state index >= 15 is 0 Å². The van der Waals surface area contributed by atoms with Crippen molar-refractivity contribution in [3.63, 3.8) is 0 Å². The number of hydrogen-bond acceptors (Lipinski definition) is 3. The molecule has 1 heterocycles. The van der Waals surface area contributed by atoms with Crippen molar-refractivity contribution >= 4 is 23.0 Å². The quantitative estimate of drug-likeness (QED) is 0.886. The van der Waals surface area contributed by atoms with Crippen LogP contribution in [0.3, 0.4) is 0 Å². The van der Waals surface area contributed by atoms with Gasteiger partial charge in [0, 0.05) is 11.6 Å². The maximum Gasteiger partial charge on any atom is 0.259 e. The summed E-state index contributed by atoms with van der Waals surface area (Å²) in [6.45, 7) is 0. The van der Waals surface area contributed by atoms with Crippen LogP contribution in [0.4, 0.5) is 8.78 Å². The van der Waals surface area contributed by atoms with Crippen molar-refractivity contribution in [2.75, 3.05) is 7.11 Å². The first-order valence-electron chi connectivity index (χ1n) is 6.71. The summed E-state index contributed by atoms with van der Waals surface area (Å²) in [6, 6.07) is 8.85. The summed E-state index contributed by atoms with van der Waals surface area (Å²) in [4.78, 5) is 24.3. The molecule has 0 bridgehead atoms. The van der Waals surface area contributed by atoms with E-state index in [2.05, 4.69) is 5.32 Å². The summed E-state index contributed by atoms with van der Waals surface area (Å²) in [5, 5.41) is 2.20. The third-order valence-electron chi connectivity index (χ3n) is 3.50. The zero-order valence-corrected chi connectivity index (χ0v) is 12.0. The number of hydrogen-bond donors (Lipinski definition) is 1. The fraction of sp³-hybridized carbons (Fsp3) is 0.0588. The first-order chi connectivity index (χ1) is 11.0. The van der Waals surface area contributed by atoms with Gasteiger partial charge in [0.2, 0.25) is 0 Å². The monoisotopic (exact) mass is 315 g/mol. The number of halogens is 2. The third-order valence-corrected chi connectivity index (χ3v) is 3.50. The van der Waals surface area contributed by atoms with Crippen molar-refractivity contribution in [2.45, 2.75) is 0 Å². The number of carbonyl (C=O) groups excluding carboxylic acids is 2. The predicted octanol–water partition coefficient (Wildman–Crippen LogP) is 2.54. The zero-order chi connectivity index (χ0) is 16.6. The molecule has 1 aliphatic rings. The molecule has 3 rings (SSSR count). The number of rotatable bonds is 3. The minimum Gasteiger partial charge on any atom is -0.496 e. The van der Waals surface area contributed by atoms with Gasteiger partial charge in [-0.1, -0.05) is 12.1 Å². The molecule has 0 radical (unpaired) electrons. The van der Waals surface area contributed by atoms with Gasteiger partial charge in [-0.05, 0) is 29.8 Å². The van der Waals surface area contributed by atoms with Crippen LogP contribution in [-0.2, 0) is 9.59 Å². The minimum absolute atomic E-state index is 0.0680. The van der Waals surface area contributed by atoms with Crippen LogP contribution in [-0.4, -0.2) is 18.9 Å². The number of imide groups is 1. The Morgan fingerprint density at radius 3 is 2.13 bits per heavy atom. The lowest BCUT2D eigenvalue weighted by Gasteiger charge is -2.10. The van der Waals surface area contributed by atoms with E-state index in [4.69, 9.17) is 4.74 Å². The van der Waals surface area contributed by atoms with Crippen molar-refractivity contribution in [2.24, 2.45) is 0 Å². The van der Waals surface area contributed by atoms with Crippen LogP contribution in [0.2, 0.25) is 0 Å². The molecule has 0 aliphatic carbocycles. The van der Waals surface area contributed by atoms with Crippen LogP contribution < -0.4 is 10.1 Å². The smallest absolute Gasteiger partial charge is 0.259 e. The highest BCUT2D eigenvalue weighted by Gasteiger charge is 2.33. The molecule has 2 aromatic rings. The van der Waals surface area contributed by atoms with E-state index in [9.17, 15) is 18.4 Å². The van der Waals surface area contributed by atoms with Crippen LogP contribution in [0.15, 0.2) is 42.5 Å². The van der Waals surface area contributed by atoms with Gasteiger partial charge in [0.25, 0.3) is 11.8 Å². The fourth-order valence-corrected chi connectivity index (χ4v) is 2.48. The van der Waals surface area contributed by atoms with Gasteiger partial charge in [-0.15, -0.1) is 0 Å². The summed E-state index contributed by atoms with van der Waals surface area (Å²) in [5.41, 5.74) is 0.839. The van der Waals surface area contributed by atoms with E-state index in [0.717, 1.165) is 6.07 Å². The van der Waals surface area contributed by atoms with Crippen molar-refractivity contribution in [3.05, 3.63) is 65.2 Å². The maximum absolute atomic E-state index is 13.4. The van der Waals surface area contributed by atoms with Crippen molar-refractivity contribution in [3.8, 4) is 5.75 Å². The van der Waals surface area contributed by atoms with Crippen molar-refractivity contribution < 1.29 is 23.1 Å². The standard InChI is InChI=1S/C17H11F2NO3/c1-23-13-8-11(19)6-7-12(13)15-14(16(21)20-17(15)22)9-2-4-10(18)5-3-9/h2-8H,1H3,(H,20,21,22). The average molecular weight is 315 g/mol. The van der Waals surface area contributed by atoms with E-state index in [1.165, 1.54) is 43.5 Å². The number of ether oxygens (including phenoxy) is 1. The first kappa shape index (κ1) is 14.9. The molecule has 6 heteroatoms. The molecule has 4 nitrogen and oxygen atoms in total. The first-order valence-corrected chi connectivity index (χ1v) is 6.71. The summed E-state index contributed by atoms with van der Waals surface area (Å²) in [7, 11) is 1.34. The highest BCUT2D eigenvalue weighted by Crippen LogP contribution is 2.36. The van der Waals surface area contributed by atoms with Gasteiger partial charge < -0.3 is 4.74 Å². The second-order valence-corrected chi connectivity index (χ2v) is 4.88. The Bertz CT molecular complexity index is 841. The van der Waals surface area contributed by atoms with E-state index < -0.39 is 23.4 Å². The summed E-state index contributed by atoms with van der Waals surface area (Å²) >= 11 is 0. The lowest BCUT2D eigenvalue weighted by atomic mass is 9.95. The molecule has 1 aliphatic heterocycles. The zero-order valence-electron chi connectivity index (χ0n) is 12.0. The van der Waals surface area contributed by atoms with Gasteiger partial charge in [0.05, 0.1) is 18.3 Å². The van der Waals surface area contributed by atoms with E-state index in [0.29, 0.717) is 5.56 Å². The average Bonchev–Trinajstić information content (AvgIpc) is 2.82. The Morgan fingerprint density at radius 1 is 0.870 bits per heavy atom. The van der Waals surface area contributed by atoms with E-state index in [1.807, 2.05) is 0 Å². The second-order valence-electron chi connectivity index (χ2n) is 4.88. The number of amides is 2. The normalized spacial score (nSPS) is 14.2. The highest BCUT2D eigenvalue weighted by molar-refractivity contribution is 6.49. The lowest BCUT2D eigenvalue weighted by molar-refractivity contribution is -0.122. The Labute approximate surface area is 130 Å². The molecule has 1 N–H and O–H groups in total. The fourth-order valence-electron chi connectivity index (χ4n) is 2.48. The Morgan fingerprint density at radius 2 is 1.48 bits per heavy atom. The molecule has 0 saturated carbocycles. The van der Waals surface area contributed by atoms with Crippen LogP contribution in [0.5, 0.6) is 5.75 Å². The molecule has 116 valence electrons. The van der Waals surface area contributed by atoms with Gasteiger partial charge in [-0.2, -0.15) is 0 Å². The Hall–Kier alpha value is -3.02. The van der Waals surface area contributed by atoms with E-state index in [1.54, 1.807) is 0 Å². The molecule has 0 saturated heterocycles. The van der Waals surface area contributed by atoms with Gasteiger partial charge >= 0.3 is 0 Å². The molecular weight excluding hydrogens is 304 g/mol. The van der Waals surface area contributed by atoms with Gasteiger partial charge in [0.1, 0.15) is 17.4 Å². The van der Waals surface area contributed by atoms with Gasteiger partial charge in [0.15, 0.2) is 0 Å². The molecule has 0 unspecified atom stereocenters. The van der Waals surface area contributed by atoms with Gasteiger partial charge in [-0.3, -0.25) is 14.9 Å². The van der Waals surface area contributed by atoms with Crippen LogP contribution in [0.25, 0.3) is 11.1 Å². The predicted molar refractivity (Wildman–Crippen MR) is 79.3 cm³/mol. The number of benzene rings is 2. The number of nitrogens with one attached hydrogen (secondary N) is 1. The largest absolute Gasteiger partial charge is 0.496 e. The Kier molecular flexibility index (Phi) is 3.65. The number of methoxy groups -OCH3 is 1. The molecular formula is C17H11F2NO3. The highest BCUT2D eigenvalue weighted by atomic mass is 19.1. The van der Waals surface area contributed by atoms with Crippen LogP contribution in [0.1, 0.15) is 11.1 Å². The molecule has 23 heavy (non-hydrogen) atoms. The molecule has 0 spiro atoms. The van der Waals surface area contributed by atoms with Crippen LogP contribution in [0, 0.1) is 11.6 Å². The Balaban J connectivity index is 2.26. The van der Waals surface area contributed by atoms with E-state index in [-0.39, 0.29) is 22.5 Å². The number of carbonyl (C=O) groups is 2. The molecule has 2 amide bonds. The SMILES string of the molecule is COc1cc(F)ccc1C1=C(c2ccc(F)cc2)C(=O)NC1=O. The molecule has 2 aromatic carbocycles. The van der Waals surface area contributed by atoms with Crippen molar-refractivity contribution in [1.29, 1.82) is 0 Å². The molecule has 0 fully saturated rings. The van der Waals surface area contributed by atoms with Crippen LogP contribution >= 0.6 is 0 Å². The molecule has 0 aromatic heterocycles. The summed E-state index contributed by atoms with van der Waals surface area (Å²) in [6.07, 6.45) is 0. The maximum atomic E-state index is 13.4. The summed E-state index contributed by atoms with van der Waals surface area (Å²) in [5.74, 6) is -2.06. The lowest BCUT2D eigenvalue weighted by Crippen LogP contribution is -2.22. The second kappa shape index (κ2) is 5.64. The van der Waals surface area contributed by atoms with Gasteiger partial charge in [-0.25, -0.2) is 8.78 Å².